The quantitative estimate of drug-likeness (QED) is 0.141. The lowest BCUT2D eigenvalue weighted by atomic mass is 9.67. The fraction of sp³-hybridized carbons (Fsp3) is 0.0133. The molecule has 0 N–H and O–H groups in total. The Hall–Kier alpha value is -10.0. The molecule has 0 amide bonds. The molecular formula is C75H48N2. The minimum atomic E-state index is -0.549. The van der Waals surface area contributed by atoms with E-state index in [-0.39, 0.29) is 0 Å². The summed E-state index contributed by atoms with van der Waals surface area (Å²) in [6.07, 6.45) is 0. The fourth-order valence-electron chi connectivity index (χ4n) is 13.8. The van der Waals surface area contributed by atoms with E-state index in [1.165, 1.54) is 132 Å². The van der Waals surface area contributed by atoms with Gasteiger partial charge in [-0.15, -0.1) is 0 Å². The van der Waals surface area contributed by atoms with Gasteiger partial charge in [-0.2, -0.15) is 0 Å². The van der Waals surface area contributed by atoms with Crippen molar-refractivity contribution < 1.29 is 0 Å². The molecule has 0 radical (unpaired) electrons. The number of aromatic nitrogens is 2. The molecule has 1 aliphatic rings. The van der Waals surface area contributed by atoms with Gasteiger partial charge in [0, 0.05) is 32.9 Å². The highest BCUT2D eigenvalue weighted by atomic mass is 15.0. The number of fused-ring (bicyclic) bond motifs is 11. The molecule has 2 aromatic heterocycles. The second kappa shape index (κ2) is 17.0. The number of benzene rings is 13. The van der Waals surface area contributed by atoms with Crippen LogP contribution in [-0.4, -0.2) is 9.13 Å². The zero-order valence-electron chi connectivity index (χ0n) is 42.1. The second-order valence-corrected chi connectivity index (χ2v) is 20.6. The number of hydrogen-bond acceptors (Lipinski definition) is 0. The van der Waals surface area contributed by atoms with E-state index in [2.05, 4.69) is 300 Å². The lowest BCUT2D eigenvalue weighted by molar-refractivity contribution is 0.768. The van der Waals surface area contributed by atoms with E-state index < -0.39 is 5.41 Å². The van der Waals surface area contributed by atoms with E-state index in [0.717, 1.165) is 11.4 Å². The molecule has 0 bridgehead atoms. The van der Waals surface area contributed by atoms with Crippen molar-refractivity contribution >= 4 is 65.2 Å². The molecule has 15 aromatic rings. The summed E-state index contributed by atoms with van der Waals surface area (Å²) in [4.78, 5) is 0. The maximum Gasteiger partial charge on any atom is 0.0713 e. The molecule has 2 nitrogen and oxygen atoms in total. The molecule has 0 saturated heterocycles. The van der Waals surface area contributed by atoms with Gasteiger partial charge in [-0.1, -0.05) is 237 Å². The van der Waals surface area contributed by atoms with Gasteiger partial charge in [-0.3, -0.25) is 0 Å². The van der Waals surface area contributed by atoms with Crippen LogP contribution in [0.1, 0.15) is 22.3 Å². The first-order chi connectivity index (χ1) is 38.3. The van der Waals surface area contributed by atoms with Crippen LogP contribution < -0.4 is 0 Å². The first-order valence-corrected chi connectivity index (χ1v) is 26.8. The Morgan fingerprint density at radius 2 is 0.584 bits per heavy atom. The van der Waals surface area contributed by atoms with Crippen LogP contribution in [0.15, 0.2) is 291 Å². The molecule has 16 rings (SSSR count). The minimum absolute atomic E-state index is 0.549. The Morgan fingerprint density at radius 3 is 1.12 bits per heavy atom. The Balaban J connectivity index is 1.06. The highest BCUT2D eigenvalue weighted by molar-refractivity contribution is 6.25. The van der Waals surface area contributed by atoms with Gasteiger partial charge < -0.3 is 9.13 Å². The standard InChI is InChI=1S/C75H48N2/c1-5-24-49(25-6-1)75(50-26-7-2-8-27-50)65-42-16-13-32-59(65)72-62(41-21-43-66(72)75)71-57-37-19-35-53(55-39-22-46-69-73(55)60-33-14-17-44-67(60)76(69)51-28-9-3-10-29-51)63(57)48-64-54(36-20-38-58(64)71)56-40-23-47-70-74(56)61-34-15-18-45-68(61)77(70)52-30-11-4-12-31-52/h1-48H. The molecule has 0 aliphatic heterocycles. The van der Waals surface area contributed by atoms with Crippen LogP contribution in [0.4, 0.5) is 0 Å². The summed E-state index contributed by atoms with van der Waals surface area (Å²) < 4.78 is 4.86. The molecule has 1 aliphatic carbocycles. The average molecular weight is 977 g/mol. The Bertz CT molecular complexity index is 4580. The first-order valence-electron chi connectivity index (χ1n) is 26.8. The van der Waals surface area contributed by atoms with Crippen molar-refractivity contribution in [2.75, 3.05) is 0 Å². The average Bonchev–Trinajstić information content (AvgIpc) is 4.33. The zero-order valence-corrected chi connectivity index (χ0v) is 42.1. The second-order valence-electron chi connectivity index (χ2n) is 20.6. The summed E-state index contributed by atoms with van der Waals surface area (Å²) in [7, 11) is 0. The lowest BCUT2D eigenvalue weighted by Gasteiger charge is -2.34. The summed E-state index contributed by atoms with van der Waals surface area (Å²) in [6, 6.07) is 108. The van der Waals surface area contributed by atoms with Crippen molar-refractivity contribution in [2.24, 2.45) is 0 Å². The summed E-state index contributed by atoms with van der Waals surface area (Å²) in [5.41, 5.74) is 21.5. The van der Waals surface area contributed by atoms with Gasteiger partial charge >= 0.3 is 0 Å². The van der Waals surface area contributed by atoms with Crippen molar-refractivity contribution in [1.82, 2.24) is 9.13 Å². The van der Waals surface area contributed by atoms with Gasteiger partial charge in [0.2, 0.25) is 0 Å². The summed E-state index contributed by atoms with van der Waals surface area (Å²) in [5.74, 6) is 0. The highest BCUT2D eigenvalue weighted by Gasteiger charge is 2.47. The third-order valence-electron chi connectivity index (χ3n) is 16.8. The van der Waals surface area contributed by atoms with E-state index in [9.17, 15) is 0 Å². The Morgan fingerprint density at radius 1 is 0.221 bits per heavy atom. The molecule has 0 spiro atoms. The van der Waals surface area contributed by atoms with E-state index in [1.54, 1.807) is 0 Å². The number of nitrogens with zero attached hydrogens (tertiary/aromatic N) is 2. The van der Waals surface area contributed by atoms with Crippen LogP contribution in [0.2, 0.25) is 0 Å². The topological polar surface area (TPSA) is 9.86 Å². The van der Waals surface area contributed by atoms with Gasteiger partial charge in [0.25, 0.3) is 0 Å². The molecule has 2 heterocycles. The fourth-order valence-corrected chi connectivity index (χ4v) is 13.8. The van der Waals surface area contributed by atoms with Crippen molar-refractivity contribution in [3.63, 3.8) is 0 Å². The predicted molar refractivity (Wildman–Crippen MR) is 324 cm³/mol. The molecule has 0 unspecified atom stereocenters. The van der Waals surface area contributed by atoms with Crippen LogP contribution in [0.5, 0.6) is 0 Å². The third kappa shape index (κ3) is 6.18. The molecular weight excluding hydrogens is 929 g/mol. The van der Waals surface area contributed by atoms with E-state index in [0.29, 0.717) is 0 Å². The molecule has 77 heavy (non-hydrogen) atoms. The maximum atomic E-state index is 2.53. The van der Waals surface area contributed by atoms with Crippen molar-refractivity contribution in [3.8, 4) is 55.9 Å². The minimum Gasteiger partial charge on any atom is -0.309 e. The van der Waals surface area contributed by atoms with Crippen LogP contribution in [0.3, 0.4) is 0 Å². The SMILES string of the molecule is c1ccc(-n2c3ccccc3c3c(-c4cccc5c(-c6cccc7c6-c6ccccc6C7(c6ccccc6)c6ccccc6)c6cccc(-c7cccc8c7c7ccccc7n8-c7ccccc7)c6cc45)cccc32)cc1. The first kappa shape index (κ1) is 43.4. The number of rotatable bonds is 7. The number of hydrogen-bond donors (Lipinski definition) is 0. The maximum absolute atomic E-state index is 2.53. The van der Waals surface area contributed by atoms with Gasteiger partial charge in [0.1, 0.15) is 0 Å². The Kier molecular flexibility index (Phi) is 9.58. The predicted octanol–water partition coefficient (Wildman–Crippen LogP) is 19.6. The molecule has 358 valence electrons. The van der Waals surface area contributed by atoms with Gasteiger partial charge in [0.15, 0.2) is 0 Å². The highest BCUT2D eigenvalue weighted by Crippen LogP contribution is 2.59. The van der Waals surface area contributed by atoms with E-state index >= 15 is 0 Å². The van der Waals surface area contributed by atoms with Gasteiger partial charge in [-0.05, 0) is 143 Å². The van der Waals surface area contributed by atoms with Crippen LogP contribution >= 0.6 is 0 Å². The third-order valence-corrected chi connectivity index (χ3v) is 16.8. The molecule has 0 fully saturated rings. The summed E-state index contributed by atoms with van der Waals surface area (Å²) in [5, 5.41) is 9.83. The summed E-state index contributed by atoms with van der Waals surface area (Å²) >= 11 is 0. The van der Waals surface area contributed by atoms with Crippen molar-refractivity contribution in [2.45, 2.75) is 5.41 Å². The molecule has 0 atom stereocenters. The molecule has 0 saturated carbocycles. The van der Waals surface area contributed by atoms with Crippen LogP contribution in [-0.2, 0) is 5.41 Å². The normalized spacial score (nSPS) is 12.8. The van der Waals surface area contributed by atoms with Crippen LogP contribution in [0.25, 0.3) is 121 Å². The van der Waals surface area contributed by atoms with E-state index in [4.69, 9.17) is 0 Å². The van der Waals surface area contributed by atoms with Gasteiger partial charge in [0.05, 0.1) is 27.5 Å². The molecule has 2 heteroatoms. The molecule has 13 aromatic carbocycles. The summed E-state index contributed by atoms with van der Waals surface area (Å²) in [6.45, 7) is 0. The Labute approximate surface area is 446 Å². The van der Waals surface area contributed by atoms with Crippen molar-refractivity contribution in [3.05, 3.63) is 313 Å². The number of para-hydroxylation sites is 4. The smallest absolute Gasteiger partial charge is 0.0713 e. The lowest BCUT2D eigenvalue weighted by Crippen LogP contribution is -2.28. The van der Waals surface area contributed by atoms with Gasteiger partial charge in [-0.25, -0.2) is 0 Å². The largest absolute Gasteiger partial charge is 0.309 e. The van der Waals surface area contributed by atoms with Crippen molar-refractivity contribution in [1.29, 1.82) is 0 Å². The zero-order chi connectivity index (χ0) is 50.6. The van der Waals surface area contributed by atoms with Crippen LogP contribution in [0, 0.1) is 0 Å². The monoisotopic (exact) mass is 976 g/mol. The van der Waals surface area contributed by atoms with E-state index in [1.807, 2.05) is 0 Å².